The van der Waals surface area contributed by atoms with Gasteiger partial charge in [-0.05, 0) is 24.6 Å². The summed E-state index contributed by atoms with van der Waals surface area (Å²) in [5, 5.41) is 4.81. The summed E-state index contributed by atoms with van der Waals surface area (Å²) in [7, 11) is 1.38. The van der Waals surface area contributed by atoms with Gasteiger partial charge >= 0.3 is 0 Å². The molecule has 1 rings (SSSR count). The van der Waals surface area contributed by atoms with Gasteiger partial charge in [-0.15, -0.1) is 0 Å². The molecule has 1 amide bonds. The van der Waals surface area contributed by atoms with Gasteiger partial charge < -0.3 is 9.74 Å². The summed E-state index contributed by atoms with van der Waals surface area (Å²) in [4.78, 5) is 17.1. The van der Waals surface area contributed by atoms with Crippen LogP contribution in [0.4, 0.5) is 0 Å². The Bertz CT molecular complexity index is 342. The van der Waals surface area contributed by atoms with Gasteiger partial charge in [-0.1, -0.05) is 20.8 Å². The SMILES string of the molecule is CON(C)C(=O)C1CNCC(O[Si](C)(C)C(C)(C)C)C1. The molecule has 2 atom stereocenters. The molecule has 6 heteroatoms. The monoisotopic (exact) mass is 302 g/mol. The minimum absolute atomic E-state index is 0.0172. The van der Waals surface area contributed by atoms with E-state index in [0.29, 0.717) is 6.54 Å². The first kappa shape index (κ1) is 17.6. The lowest BCUT2D eigenvalue weighted by atomic mass is 9.97. The fourth-order valence-electron chi connectivity index (χ4n) is 2.12. The predicted octanol–water partition coefficient (Wildman–Crippen LogP) is 2.01. The fourth-order valence-corrected chi connectivity index (χ4v) is 3.49. The predicted molar refractivity (Wildman–Crippen MR) is 82.8 cm³/mol. The van der Waals surface area contributed by atoms with E-state index in [9.17, 15) is 4.79 Å². The Kier molecular flexibility index (Phi) is 5.77. The third kappa shape index (κ3) is 4.28. The highest BCUT2D eigenvalue weighted by Crippen LogP contribution is 2.38. The van der Waals surface area contributed by atoms with Gasteiger partial charge in [0.2, 0.25) is 5.91 Å². The molecule has 1 aliphatic heterocycles. The van der Waals surface area contributed by atoms with Crippen molar-refractivity contribution in [3.8, 4) is 0 Å². The number of nitrogens with zero attached hydrogens (tertiary/aromatic N) is 1. The van der Waals surface area contributed by atoms with Gasteiger partial charge in [-0.3, -0.25) is 9.63 Å². The number of rotatable bonds is 4. The molecule has 0 aliphatic carbocycles. The number of piperidine rings is 1. The van der Waals surface area contributed by atoms with Gasteiger partial charge in [0.05, 0.1) is 19.1 Å². The van der Waals surface area contributed by atoms with Crippen molar-refractivity contribution >= 4 is 14.2 Å². The van der Waals surface area contributed by atoms with Crippen LogP contribution in [0.2, 0.25) is 18.1 Å². The lowest BCUT2D eigenvalue weighted by molar-refractivity contribution is -0.174. The van der Waals surface area contributed by atoms with E-state index in [2.05, 4.69) is 39.2 Å². The summed E-state index contributed by atoms with van der Waals surface area (Å²) in [5.41, 5.74) is 0. The minimum atomic E-state index is -1.79. The summed E-state index contributed by atoms with van der Waals surface area (Å²) in [5.74, 6) is -0.0491. The molecular formula is C14H30N2O3Si. The summed E-state index contributed by atoms with van der Waals surface area (Å²) in [6.45, 7) is 12.7. The van der Waals surface area contributed by atoms with Crippen LogP contribution in [0.5, 0.6) is 0 Å². The molecular weight excluding hydrogens is 272 g/mol. The second-order valence-corrected chi connectivity index (χ2v) is 11.9. The summed E-state index contributed by atoms with van der Waals surface area (Å²) in [6.07, 6.45) is 0.885. The number of hydrogen-bond donors (Lipinski definition) is 1. The number of carbonyl (C=O) groups excluding carboxylic acids is 1. The second-order valence-electron chi connectivity index (χ2n) is 7.11. The lowest BCUT2D eigenvalue weighted by Crippen LogP contribution is -2.52. The van der Waals surface area contributed by atoms with Gasteiger partial charge in [0, 0.05) is 20.1 Å². The standard InChI is InChI=1S/C14H30N2O3Si/c1-14(2,3)20(6,7)19-12-8-11(9-15-10-12)13(17)16(4)18-5/h11-12,15H,8-10H2,1-7H3. The molecule has 0 saturated carbocycles. The number of carbonyl (C=O) groups is 1. The smallest absolute Gasteiger partial charge is 0.250 e. The highest BCUT2D eigenvalue weighted by molar-refractivity contribution is 6.74. The third-order valence-corrected chi connectivity index (χ3v) is 9.05. The maximum absolute atomic E-state index is 12.2. The van der Waals surface area contributed by atoms with Crippen LogP contribution in [0.1, 0.15) is 27.2 Å². The Morgan fingerprint density at radius 2 is 1.90 bits per heavy atom. The van der Waals surface area contributed by atoms with E-state index in [4.69, 9.17) is 9.26 Å². The zero-order chi connectivity index (χ0) is 15.6. The van der Waals surface area contributed by atoms with E-state index in [1.54, 1.807) is 7.05 Å². The fraction of sp³-hybridized carbons (Fsp3) is 0.929. The normalized spacial score (nSPS) is 24.6. The van der Waals surface area contributed by atoms with E-state index in [0.717, 1.165) is 13.0 Å². The van der Waals surface area contributed by atoms with Gasteiger partial charge in [0.1, 0.15) is 0 Å². The first-order chi connectivity index (χ1) is 9.08. The van der Waals surface area contributed by atoms with Crippen molar-refractivity contribution in [1.29, 1.82) is 0 Å². The largest absolute Gasteiger partial charge is 0.413 e. The highest BCUT2D eigenvalue weighted by atomic mass is 28.4. The third-order valence-electron chi connectivity index (χ3n) is 4.51. The van der Waals surface area contributed by atoms with Crippen molar-refractivity contribution in [1.82, 2.24) is 10.4 Å². The number of hydroxylamine groups is 2. The van der Waals surface area contributed by atoms with Crippen molar-refractivity contribution in [3.63, 3.8) is 0 Å². The molecule has 1 saturated heterocycles. The summed E-state index contributed by atoms with van der Waals surface area (Å²) >= 11 is 0. The first-order valence-electron chi connectivity index (χ1n) is 7.28. The molecule has 0 spiro atoms. The molecule has 118 valence electrons. The number of amides is 1. The van der Waals surface area contributed by atoms with Crippen LogP contribution in [-0.2, 0) is 14.1 Å². The van der Waals surface area contributed by atoms with Crippen LogP contribution in [0.25, 0.3) is 0 Å². The Labute approximate surface area is 124 Å². The Balaban J connectivity index is 2.64. The van der Waals surface area contributed by atoms with E-state index < -0.39 is 8.32 Å². The topological polar surface area (TPSA) is 50.8 Å². The Hall–Kier alpha value is -0.433. The van der Waals surface area contributed by atoms with Crippen LogP contribution in [0, 0.1) is 5.92 Å². The quantitative estimate of drug-likeness (QED) is 0.637. The molecule has 0 aromatic carbocycles. The van der Waals surface area contributed by atoms with Crippen molar-refractivity contribution in [2.45, 2.75) is 51.4 Å². The zero-order valence-corrected chi connectivity index (χ0v) is 14.9. The van der Waals surface area contributed by atoms with Gasteiger partial charge in [-0.2, -0.15) is 0 Å². The maximum atomic E-state index is 12.2. The number of nitrogens with one attached hydrogen (secondary N) is 1. The molecule has 0 aromatic heterocycles. The van der Waals surface area contributed by atoms with Crippen LogP contribution in [-0.4, -0.2) is 52.6 Å². The average Bonchev–Trinajstić information content (AvgIpc) is 2.35. The molecule has 20 heavy (non-hydrogen) atoms. The molecule has 1 N–H and O–H groups in total. The summed E-state index contributed by atoms with van der Waals surface area (Å²) in [6, 6.07) is 0. The minimum Gasteiger partial charge on any atom is -0.413 e. The molecule has 0 bridgehead atoms. The van der Waals surface area contributed by atoms with Gasteiger partial charge in [0.15, 0.2) is 8.32 Å². The van der Waals surface area contributed by atoms with Crippen molar-refractivity contribution in [3.05, 3.63) is 0 Å². The van der Waals surface area contributed by atoms with Crippen LogP contribution >= 0.6 is 0 Å². The zero-order valence-electron chi connectivity index (χ0n) is 13.9. The van der Waals surface area contributed by atoms with Crippen molar-refractivity contribution < 1.29 is 14.1 Å². The van der Waals surface area contributed by atoms with Gasteiger partial charge in [-0.25, -0.2) is 5.06 Å². The van der Waals surface area contributed by atoms with E-state index in [-0.39, 0.29) is 23.0 Å². The molecule has 1 fully saturated rings. The summed E-state index contributed by atoms with van der Waals surface area (Å²) < 4.78 is 6.40. The Morgan fingerprint density at radius 1 is 1.30 bits per heavy atom. The molecule has 5 nitrogen and oxygen atoms in total. The van der Waals surface area contributed by atoms with Crippen molar-refractivity contribution in [2.24, 2.45) is 5.92 Å². The van der Waals surface area contributed by atoms with Gasteiger partial charge in [0.25, 0.3) is 0 Å². The number of hydrogen-bond acceptors (Lipinski definition) is 4. The Morgan fingerprint density at radius 3 is 2.40 bits per heavy atom. The van der Waals surface area contributed by atoms with Crippen LogP contribution in [0.3, 0.4) is 0 Å². The van der Waals surface area contributed by atoms with Crippen molar-refractivity contribution in [2.75, 3.05) is 27.2 Å². The van der Waals surface area contributed by atoms with E-state index >= 15 is 0 Å². The molecule has 1 aliphatic rings. The molecule has 1 heterocycles. The highest BCUT2D eigenvalue weighted by Gasteiger charge is 2.41. The maximum Gasteiger partial charge on any atom is 0.250 e. The lowest BCUT2D eigenvalue weighted by Gasteiger charge is -2.41. The first-order valence-corrected chi connectivity index (χ1v) is 10.2. The average molecular weight is 302 g/mol. The van der Waals surface area contributed by atoms with Crippen LogP contribution in [0.15, 0.2) is 0 Å². The van der Waals surface area contributed by atoms with E-state index in [1.807, 2.05) is 0 Å². The molecule has 0 radical (unpaired) electrons. The molecule has 0 aromatic rings. The van der Waals surface area contributed by atoms with E-state index in [1.165, 1.54) is 12.2 Å². The van der Waals surface area contributed by atoms with Crippen LogP contribution < -0.4 is 5.32 Å². The molecule has 2 unspecified atom stereocenters. The second kappa shape index (κ2) is 6.55.